The monoisotopic (exact) mass is 362 g/mol. The van der Waals surface area contributed by atoms with E-state index in [0.717, 1.165) is 24.0 Å². The molecular formula is C24H30N2O. The van der Waals surface area contributed by atoms with Crippen LogP contribution in [0.25, 0.3) is 12.2 Å². The molecule has 0 aliphatic carbocycles. The Morgan fingerprint density at radius 1 is 0.889 bits per heavy atom. The number of amides is 1. The summed E-state index contributed by atoms with van der Waals surface area (Å²) in [5.74, 6) is 0.00656. The number of hydrogen-bond donors (Lipinski definition) is 2. The highest BCUT2D eigenvalue weighted by Crippen LogP contribution is 2.28. The minimum atomic E-state index is 0.00656. The third-order valence-corrected chi connectivity index (χ3v) is 4.97. The van der Waals surface area contributed by atoms with Gasteiger partial charge in [-0.05, 0) is 63.8 Å². The van der Waals surface area contributed by atoms with E-state index in [9.17, 15) is 4.79 Å². The van der Waals surface area contributed by atoms with Gasteiger partial charge in [0.2, 0.25) is 0 Å². The second-order valence-electron chi connectivity index (χ2n) is 8.84. The van der Waals surface area contributed by atoms with E-state index in [1.165, 1.54) is 0 Å². The molecule has 1 aliphatic heterocycles. The lowest BCUT2D eigenvalue weighted by molar-refractivity contribution is 0.0873. The smallest absolute Gasteiger partial charge is 0.251 e. The molecule has 2 aromatic carbocycles. The van der Waals surface area contributed by atoms with Crippen LogP contribution in [0.5, 0.6) is 0 Å². The molecular weight excluding hydrogens is 332 g/mol. The van der Waals surface area contributed by atoms with Gasteiger partial charge in [-0.25, -0.2) is 0 Å². The van der Waals surface area contributed by atoms with Crippen molar-refractivity contribution in [2.45, 2.75) is 57.7 Å². The third-order valence-electron chi connectivity index (χ3n) is 4.97. The van der Waals surface area contributed by atoms with Crippen LogP contribution in [-0.4, -0.2) is 23.0 Å². The number of hydrogen-bond acceptors (Lipinski definition) is 2. The summed E-state index contributed by atoms with van der Waals surface area (Å²) in [5, 5.41) is 6.88. The van der Waals surface area contributed by atoms with Crippen LogP contribution in [-0.2, 0) is 0 Å². The maximum absolute atomic E-state index is 12.7. The number of carbonyl (C=O) groups is 1. The number of piperidine rings is 1. The second-order valence-corrected chi connectivity index (χ2v) is 8.84. The van der Waals surface area contributed by atoms with E-state index in [2.05, 4.69) is 62.6 Å². The first kappa shape index (κ1) is 19.4. The average Bonchev–Trinajstić information content (AvgIpc) is 2.58. The van der Waals surface area contributed by atoms with E-state index < -0.39 is 0 Å². The quantitative estimate of drug-likeness (QED) is 0.760. The van der Waals surface area contributed by atoms with Crippen LogP contribution in [0, 0.1) is 0 Å². The van der Waals surface area contributed by atoms with Crippen molar-refractivity contribution in [3.8, 4) is 0 Å². The summed E-state index contributed by atoms with van der Waals surface area (Å²) in [5.41, 5.74) is 2.99. The SMILES string of the molecule is CC1(C)CC(NC(=O)c2ccc(/C=C/c3ccccc3)cc2)CC(C)(C)N1. The molecule has 1 saturated heterocycles. The molecule has 1 amide bonds. The maximum atomic E-state index is 12.7. The van der Waals surface area contributed by atoms with E-state index in [4.69, 9.17) is 0 Å². The molecule has 1 fully saturated rings. The molecule has 27 heavy (non-hydrogen) atoms. The Labute approximate surface area is 162 Å². The normalized spacial score (nSPS) is 19.1. The Morgan fingerprint density at radius 2 is 1.41 bits per heavy atom. The number of benzene rings is 2. The zero-order chi connectivity index (χ0) is 19.5. The Kier molecular flexibility index (Phi) is 5.52. The van der Waals surface area contributed by atoms with Gasteiger partial charge in [0.05, 0.1) is 0 Å². The van der Waals surface area contributed by atoms with Gasteiger partial charge in [0, 0.05) is 22.7 Å². The van der Waals surface area contributed by atoms with Crippen molar-refractivity contribution in [2.24, 2.45) is 0 Å². The van der Waals surface area contributed by atoms with Gasteiger partial charge in [-0.1, -0.05) is 54.6 Å². The summed E-state index contributed by atoms with van der Waals surface area (Å²) < 4.78 is 0. The van der Waals surface area contributed by atoms with Crippen molar-refractivity contribution in [3.05, 3.63) is 71.3 Å². The van der Waals surface area contributed by atoms with Crippen LogP contribution in [0.4, 0.5) is 0 Å². The Bertz CT molecular complexity index is 788. The summed E-state index contributed by atoms with van der Waals surface area (Å²) in [6.45, 7) is 8.78. The Hall–Kier alpha value is -2.39. The molecule has 0 saturated carbocycles. The Balaban J connectivity index is 1.63. The lowest BCUT2D eigenvalue weighted by Gasteiger charge is -2.46. The van der Waals surface area contributed by atoms with Crippen LogP contribution in [0.2, 0.25) is 0 Å². The maximum Gasteiger partial charge on any atom is 0.251 e. The van der Waals surface area contributed by atoms with Gasteiger partial charge in [0.25, 0.3) is 5.91 Å². The van der Waals surface area contributed by atoms with Crippen molar-refractivity contribution < 1.29 is 4.79 Å². The van der Waals surface area contributed by atoms with Crippen LogP contribution in [0.3, 0.4) is 0 Å². The highest BCUT2D eigenvalue weighted by molar-refractivity contribution is 5.94. The summed E-state index contributed by atoms with van der Waals surface area (Å²) >= 11 is 0. The summed E-state index contributed by atoms with van der Waals surface area (Å²) in [6, 6.07) is 18.2. The topological polar surface area (TPSA) is 41.1 Å². The standard InChI is InChI=1S/C24H30N2O/c1-23(2)16-21(17-24(3,4)26-23)25-22(27)20-14-12-19(13-15-20)11-10-18-8-6-5-7-9-18/h5-15,21,26H,16-17H2,1-4H3,(H,25,27)/b11-10+. The zero-order valence-corrected chi connectivity index (χ0v) is 16.8. The lowest BCUT2D eigenvalue weighted by atomic mass is 9.79. The minimum Gasteiger partial charge on any atom is -0.349 e. The number of carbonyl (C=O) groups excluding carboxylic acids is 1. The van der Waals surface area contributed by atoms with Crippen LogP contribution in [0.1, 0.15) is 62.0 Å². The van der Waals surface area contributed by atoms with Crippen molar-refractivity contribution in [3.63, 3.8) is 0 Å². The minimum absolute atomic E-state index is 0.00656. The molecule has 0 bridgehead atoms. The summed E-state index contributed by atoms with van der Waals surface area (Å²) in [6.07, 6.45) is 6.00. The first-order chi connectivity index (χ1) is 12.7. The molecule has 0 atom stereocenters. The predicted molar refractivity (Wildman–Crippen MR) is 114 cm³/mol. The fourth-order valence-corrected chi connectivity index (χ4v) is 4.20. The molecule has 1 aliphatic rings. The molecule has 3 rings (SSSR count). The fraction of sp³-hybridized carbons (Fsp3) is 0.375. The molecule has 0 unspecified atom stereocenters. The number of rotatable bonds is 4. The van der Waals surface area contributed by atoms with E-state index in [-0.39, 0.29) is 23.0 Å². The van der Waals surface area contributed by atoms with Gasteiger partial charge >= 0.3 is 0 Å². The average molecular weight is 363 g/mol. The Morgan fingerprint density at radius 3 is 1.96 bits per heavy atom. The molecule has 2 N–H and O–H groups in total. The molecule has 1 heterocycles. The second kappa shape index (κ2) is 7.69. The van der Waals surface area contributed by atoms with Gasteiger partial charge in [0.15, 0.2) is 0 Å². The van der Waals surface area contributed by atoms with Gasteiger partial charge in [-0.3, -0.25) is 4.79 Å². The molecule has 3 nitrogen and oxygen atoms in total. The zero-order valence-electron chi connectivity index (χ0n) is 16.8. The van der Waals surface area contributed by atoms with Gasteiger partial charge in [-0.2, -0.15) is 0 Å². The van der Waals surface area contributed by atoms with Gasteiger partial charge in [0.1, 0.15) is 0 Å². The van der Waals surface area contributed by atoms with Gasteiger partial charge < -0.3 is 10.6 Å². The predicted octanol–water partition coefficient (Wildman–Crippen LogP) is 4.90. The first-order valence-corrected chi connectivity index (χ1v) is 9.66. The summed E-state index contributed by atoms with van der Waals surface area (Å²) in [7, 11) is 0. The van der Waals surface area contributed by atoms with Crippen LogP contribution >= 0.6 is 0 Å². The molecule has 0 aromatic heterocycles. The first-order valence-electron chi connectivity index (χ1n) is 9.66. The van der Waals surface area contributed by atoms with E-state index in [1.54, 1.807) is 0 Å². The largest absolute Gasteiger partial charge is 0.349 e. The number of nitrogens with one attached hydrogen (secondary N) is 2. The molecule has 142 valence electrons. The molecule has 0 radical (unpaired) electrons. The van der Waals surface area contributed by atoms with Crippen molar-refractivity contribution in [1.82, 2.24) is 10.6 Å². The van der Waals surface area contributed by atoms with E-state index >= 15 is 0 Å². The fourth-order valence-electron chi connectivity index (χ4n) is 4.20. The molecule has 3 heteroatoms. The van der Waals surface area contributed by atoms with Crippen molar-refractivity contribution in [2.75, 3.05) is 0 Å². The van der Waals surface area contributed by atoms with Crippen molar-refractivity contribution >= 4 is 18.1 Å². The van der Waals surface area contributed by atoms with E-state index in [0.29, 0.717) is 5.56 Å². The molecule has 0 spiro atoms. The summed E-state index contributed by atoms with van der Waals surface area (Å²) in [4.78, 5) is 12.7. The van der Waals surface area contributed by atoms with Gasteiger partial charge in [-0.15, -0.1) is 0 Å². The highest BCUT2D eigenvalue weighted by atomic mass is 16.1. The van der Waals surface area contributed by atoms with Crippen molar-refractivity contribution in [1.29, 1.82) is 0 Å². The third kappa shape index (κ3) is 5.54. The highest BCUT2D eigenvalue weighted by Gasteiger charge is 2.38. The van der Waals surface area contributed by atoms with Crippen LogP contribution < -0.4 is 10.6 Å². The lowest BCUT2D eigenvalue weighted by Crippen LogP contribution is -2.62. The van der Waals surface area contributed by atoms with Crippen LogP contribution in [0.15, 0.2) is 54.6 Å². The van der Waals surface area contributed by atoms with E-state index in [1.807, 2.05) is 42.5 Å². The molecule has 2 aromatic rings.